The molecule has 5 rings (SSSR count). The van der Waals surface area contributed by atoms with Gasteiger partial charge in [0.15, 0.2) is 11.6 Å². The second kappa shape index (κ2) is 8.18. The van der Waals surface area contributed by atoms with E-state index in [4.69, 9.17) is 16.6 Å². The first kappa shape index (κ1) is 20.9. The van der Waals surface area contributed by atoms with Gasteiger partial charge in [-0.1, -0.05) is 35.9 Å². The molecule has 0 bridgehead atoms. The summed E-state index contributed by atoms with van der Waals surface area (Å²) in [5.41, 5.74) is 1.34. The monoisotopic (exact) mass is 461 g/mol. The van der Waals surface area contributed by atoms with Gasteiger partial charge in [0.1, 0.15) is 23.9 Å². The van der Waals surface area contributed by atoms with E-state index >= 15 is 0 Å². The van der Waals surface area contributed by atoms with E-state index in [9.17, 15) is 9.59 Å². The average molecular weight is 462 g/mol. The number of aromatic nitrogens is 4. The third-order valence-corrected chi connectivity index (χ3v) is 5.78. The maximum Gasteiger partial charge on any atom is 0.267 e. The summed E-state index contributed by atoms with van der Waals surface area (Å²) in [6, 6.07) is 13.6. The summed E-state index contributed by atoms with van der Waals surface area (Å²) in [5.74, 6) is 1.22. The van der Waals surface area contributed by atoms with Gasteiger partial charge >= 0.3 is 0 Å². The average Bonchev–Trinajstić information content (AvgIpc) is 2.80. The van der Waals surface area contributed by atoms with Crippen LogP contribution in [0.3, 0.4) is 0 Å². The third-order valence-electron chi connectivity index (χ3n) is 5.47. The second-order valence-corrected chi connectivity index (χ2v) is 8.15. The molecule has 0 saturated carbocycles. The Bertz CT molecular complexity index is 1440. The van der Waals surface area contributed by atoms with Crippen LogP contribution in [0.25, 0.3) is 16.6 Å². The van der Waals surface area contributed by atoms with Gasteiger partial charge in [-0.25, -0.2) is 15.0 Å². The molecule has 1 amide bonds. The molecule has 0 saturated heterocycles. The van der Waals surface area contributed by atoms with Crippen molar-refractivity contribution in [2.24, 2.45) is 0 Å². The Hall–Kier alpha value is -3.98. The molecule has 166 valence electrons. The predicted molar refractivity (Wildman–Crippen MR) is 128 cm³/mol. The van der Waals surface area contributed by atoms with Gasteiger partial charge in [-0.15, -0.1) is 0 Å². The molecule has 0 spiro atoms. The zero-order valence-electron chi connectivity index (χ0n) is 17.8. The lowest BCUT2D eigenvalue weighted by Gasteiger charge is -2.26. The van der Waals surface area contributed by atoms with Crippen molar-refractivity contribution in [3.63, 3.8) is 0 Å². The van der Waals surface area contributed by atoms with Crippen LogP contribution in [0.4, 0.5) is 17.3 Å². The molecule has 4 aromatic rings. The molecule has 1 unspecified atom stereocenters. The number of amides is 1. The van der Waals surface area contributed by atoms with E-state index in [0.717, 1.165) is 0 Å². The Kier molecular flexibility index (Phi) is 5.18. The second-order valence-electron chi connectivity index (χ2n) is 7.75. The van der Waals surface area contributed by atoms with Gasteiger partial charge in [-0.2, -0.15) is 0 Å². The van der Waals surface area contributed by atoms with E-state index in [2.05, 4.69) is 25.9 Å². The Morgan fingerprint density at radius 1 is 1.09 bits per heavy atom. The van der Waals surface area contributed by atoms with Gasteiger partial charge in [-0.05, 0) is 38.1 Å². The highest BCUT2D eigenvalue weighted by Gasteiger charge is 2.27. The first-order valence-electron chi connectivity index (χ1n) is 10.4. The fraction of sp³-hybridized carbons (Fsp3) is 0.174. The number of nitrogens with zero attached hydrogens (tertiary/aromatic N) is 4. The number of hydrogen-bond acceptors (Lipinski definition) is 7. The van der Waals surface area contributed by atoms with Crippen LogP contribution in [0.5, 0.6) is 0 Å². The van der Waals surface area contributed by atoms with Crippen molar-refractivity contribution >= 4 is 45.7 Å². The Labute approximate surface area is 193 Å². The smallest absolute Gasteiger partial charge is 0.267 e. The number of fused-ring (bicyclic) bond motifs is 2. The molecule has 0 radical (unpaired) electrons. The minimum Gasteiger partial charge on any atom is -0.358 e. The van der Waals surface area contributed by atoms with Crippen molar-refractivity contribution in [1.29, 1.82) is 0 Å². The van der Waals surface area contributed by atoms with Gasteiger partial charge < -0.3 is 16.0 Å². The minimum atomic E-state index is -0.462. The fourth-order valence-corrected chi connectivity index (χ4v) is 4.07. The van der Waals surface area contributed by atoms with Crippen LogP contribution in [0.1, 0.15) is 25.7 Å². The number of hydrogen-bond donors (Lipinski definition) is 3. The summed E-state index contributed by atoms with van der Waals surface area (Å²) in [4.78, 5) is 39.1. The van der Waals surface area contributed by atoms with E-state index in [0.29, 0.717) is 44.8 Å². The quantitative estimate of drug-likeness (QED) is 0.424. The number of anilines is 3. The van der Waals surface area contributed by atoms with Crippen LogP contribution in [0.2, 0.25) is 5.02 Å². The Morgan fingerprint density at radius 2 is 1.88 bits per heavy atom. The number of nitrogens with one attached hydrogen (secondary N) is 3. The number of halogens is 1. The van der Waals surface area contributed by atoms with Crippen LogP contribution in [0, 0.1) is 0 Å². The predicted octanol–water partition coefficient (Wildman–Crippen LogP) is 3.75. The van der Waals surface area contributed by atoms with Gasteiger partial charge in [0.05, 0.1) is 27.7 Å². The molecule has 10 heteroatoms. The molecule has 2 atom stereocenters. The molecular formula is C23H20ClN7O2. The van der Waals surface area contributed by atoms with E-state index < -0.39 is 12.1 Å². The van der Waals surface area contributed by atoms with Crippen LogP contribution in [0.15, 0.2) is 59.7 Å². The van der Waals surface area contributed by atoms with Gasteiger partial charge in [0.25, 0.3) is 5.56 Å². The SMILES string of the molecule is CC1Nc2ncnc(N[C@@H](C)c3nc4cccc(Cl)c4c(=O)n3-c3ccccc3)c2NC1=O. The molecule has 1 aliphatic rings. The van der Waals surface area contributed by atoms with Crippen molar-refractivity contribution in [3.05, 3.63) is 76.1 Å². The molecule has 2 aromatic heterocycles. The number of carbonyl (C=O) groups is 1. The number of para-hydroxylation sites is 1. The summed E-state index contributed by atoms with van der Waals surface area (Å²) in [7, 11) is 0. The molecule has 1 aliphatic heterocycles. The van der Waals surface area contributed by atoms with Crippen molar-refractivity contribution in [1.82, 2.24) is 19.5 Å². The van der Waals surface area contributed by atoms with Crippen LogP contribution >= 0.6 is 11.6 Å². The van der Waals surface area contributed by atoms with E-state index in [1.54, 1.807) is 29.7 Å². The standard InChI is InChI=1S/C23H20ClN7O2/c1-12(27-19-18-20(26-11-25-19)28-13(2)22(32)30-18)21-29-16-10-6-9-15(24)17(16)23(33)31(21)14-7-4-3-5-8-14/h3-13H,1-2H3,(H,30,32)(H2,25,26,27,28)/t12-,13?/m0/s1. The zero-order chi connectivity index (χ0) is 23.1. The van der Waals surface area contributed by atoms with Gasteiger partial charge in [0, 0.05) is 0 Å². The van der Waals surface area contributed by atoms with Crippen molar-refractivity contribution in [3.8, 4) is 5.69 Å². The third kappa shape index (κ3) is 3.66. The topological polar surface area (TPSA) is 114 Å². The van der Waals surface area contributed by atoms with E-state index in [-0.39, 0.29) is 11.5 Å². The Balaban J connectivity index is 1.64. The molecular weight excluding hydrogens is 442 g/mol. The highest BCUT2D eigenvalue weighted by molar-refractivity contribution is 6.35. The molecule has 0 fully saturated rings. The summed E-state index contributed by atoms with van der Waals surface area (Å²) < 4.78 is 1.54. The van der Waals surface area contributed by atoms with Crippen molar-refractivity contribution in [2.75, 3.05) is 16.0 Å². The highest BCUT2D eigenvalue weighted by Crippen LogP contribution is 2.32. The zero-order valence-corrected chi connectivity index (χ0v) is 18.6. The fourth-order valence-electron chi connectivity index (χ4n) is 3.82. The first-order chi connectivity index (χ1) is 15.9. The maximum atomic E-state index is 13.6. The minimum absolute atomic E-state index is 0.187. The van der Waals surface area contributed by atoms with E-state index in [1.165, 1.54) is 6.33 Å². The summed E-state index contributed by atoms with van der Waals surface area (Å²) in [6.07, 6.45) is 1.41. The van der Waals surface area contributed by atoms with Crippen LogP contribution in [-0.4, -0.2) is 31.5 Å². The number of carbonyl (C=O) groups excluding carboxylic acids is 1. The number of rotatable bonds is 4. The van der Waals surface area contributed by atoms with Crippen molar-refractivity contribution < 1.29 is 4.79 Å². The van der Waals surface area contributed by atoms with Crippen molar-refractivity contribution in [2.45, 2.75) is 25.9 Å². The molecule has 33 heavy (non-hydrogen) atoms. The molecule has 0 aliphatic carbocycles. The summed E-state index contributed by atoms with van der Waals surface area (Å²) >= 11 is 6.36. The highest BCUT2D eigenvalue weighted by atomic mass is 35.5. The van der Waals surface area contributed by atoms with Crippen LogP contribution < -0.4 is 21.5 Å². The van der Waals surface area contributed by atoms with E-state index in [1.807, 2.05) is 37.3 Å². The summed E-state index contributed by atoms with van der Waals surface area (Å²) in [6.45, 7) is 3.62. The lowest BCUT2D eigenvalue weighted by Crippen LogP contribution is -2.37. The van der Waals surface area contributed by atoms with Gasteiger partial charge in [0.2, 0.25) is 5.91 Å². The maximum absolute atomic E-state index is 13.6. The largest absolute Gasteiger partial charge is 0.358 e. The number of benzene rings is 2. The lowest BCUT2D eigenvalue weighted by atomic mass is 10.2. The van der Waals surface area contributed by atoms with Gasteiger partial charge in [-0.3, -0.25) is 14.2 Å². The first-order valence-corrected chi connectivity index (χ1v) is 10.8. The van der Waals surface area contributed by atoms with Crippen LogP contribution in [-0.2, 0) is 4.79 Å². The summed E-state index contributed by atoms with van der Waals surface area (Å²) in [5, 5.41) is 9.86. The molecule has 3 N–H and O–H groups in total. The normalized spacial score (nSPS) is 16.0. The molecule has 3 heterocycles. The molecule has 2 aromatic carbocycles. The Morgan fingerprint density at radius 3 is 2.67 bits per heavy atom. The molecule has 9 nitrogen and oxygen atoms in total. The lowest BCUT2D eigenvalue weighted by molar-refractivity contribution is -0.116.